The normalized spacial score (nSPS) is 14.8. The number of benzene rings is 1. The lowest BCUT2D eigenvalue weighted by molar-refractivity contribution is 0.0958. The van der Waals surface area contributed by atoms with E-state index in [1.807, 2.05) is 13.0 Å². The molecule has 0 spiro atoms. The molecule has 0 aliphatic carbocycles. The second-order valence-corrected chi connectivity index (χ2v) is 7.83. The van der Waals surface area contributed by atoms with Crippen molar-refractivity contribution in [3.8, 4) is 0 Å². The van der Waals surface area contributed by atoms with E-state index in [-0.39, 0.29) is 16.9 Å². The fraction of sp³-hybridized carbons (Fsp3) is 0.364. The van der Waals surface area contributed by atoms with E-state index in [4.69, 9.17) is 0 Å². The Bertz CT molecular complexity index is 1250. The minimum absolute atomic E-state index is 0.0147. The Balaban J connectivity index is 1.46. The molecule has 1 fully saturated rings. The van der Waals surface area contributed by atoms with Gasteiger partial charge in [0.15, 0.2) is 11.5 Å². The third kappa shape index (κ3) is 4.54. The largest absolute Gasteiger partial charge is 0.368 e. The van der Waals surface area contributed by atoms with E-state index in [0.717, 1.165) is 11.4 Å². The van der Waals surface area contributed by atoms with Crippen LogP contribution in [0.3, 0.4) is 0 Å². The van der Waals surface area contributed by atoms with Crippen LogP contribution >= 0.6 is 0 Å². The molecule has 1 aliphatic heterocycles. The van der Waals surface area contributed by atoms with Crippen LogP contribution in [0.4, 0.5) is 18.9 Å². The molecule has 4 rings (SSSR count). The number of aryl methyl sites for hydroxylation is 1. The summed E-state index contributed by atoms with van der Waals surface area (Å²) < 4.78 is 40.8. The Labute approximate surface area is 187 Å². The molecular weight excluding hydrogens is 437 g/mol. The van der Waals surface area contributed by atoms with Crippen LogP contribution in [0.2, 0.25) is 0 Å². The molecule has 11 heteroatoms. The van der Waals surface area contributed by atoms with Gasteiger partial charge in [-0.25, -0.2) is 23.1 Å². The van der Waals surface area contributed by atoms with Crippen molar-refractivity contribution in [2.75, 3.05) is 38.1 Å². The van der Waals surface area contributed by atoms with E-state index in [1.165, 1.54) is 12.1 Å². The fourth-order valence-electron chi connectivity index (χ4n) is 3.98. The fourth-order valence-corrected chi connectivity index (χ4v) is 3.98. The molecule has 174 valence electrons. The minimum atomic E-state index is -3.03. The maximum Gasteiger partial charge on any atom is 0.285 e. The molecule has 8 nitrogen and oxygen atoms in total. The summed E-state index contributed by atoms with van der Waals surface area (Å²) >= 11 is 0. The Morgan fingerprint density at radius 1 is 1.15 bits per heavy atom. The average molecular weight is 460 g/mol. The van der Waals surface area contributed by atoms with Crippen molar-refractivity contribution in [1.82, 2.24) is 25.2 Å². The van der Waals surface area contributed by atoms with Gasteiger partial charge in [-0.2, -0.15) is 0 Å². The summed E-state index contributed by atoms with van der Waals surface area (Å²) in [5, 5.41) is 2.55. The summed E-state index contributed by atoms with van der Waals surface area (Å²) in [7, 11) is 1.56. The van der Waals surface area contributed by atoms with Gasteiger partial charge in [0.2, 0.25) is 0 Å². The highest BCUT2D eigenvalue weighted by atomic mass is 19.3. The van der Waals surface area contributed by atoms with Crippen LogP contribution in [0, 0.1) is 12.7 Å². The number of hydrogen-bond donors (Lipinski definition) is 2. The second-order valence-electron chi connectivity index (χ2n) is 7.83. The van der Waals surface area contributed by atoms with Crippen molar-refractivity contribution in [3.05, 3.63) is 63.1 Å². The Hall–Kier alpha value is -3.47. The number of halogens is 3. The number of anilines is 1. The number of rotatable bonds is 5. The molecule has 3 heterocycles. The summed E-state index contributed by atoms with van der Waals surface area (Å²) in [5.74, 6) is -0.904. The third-order valence-electron chi connectivity index (χ3n) is 5.74. The molecule has 0 atom stereocenters. The highest BCUT2D eigenvalue weighted by molar-refractivity contribution is 5.92. The summed E-state index contributed by atoms with van der Waals surface area (Å²) in [5.41, 5.74) is 0.218. The van der Waals surface area contributed by atoms with Crippen LogP contribution in [0.5, 0.6) is 0 Å². The zero-order valence-electron chi connectivity index (χ0n) is 18.2. The first-order chi connectivity index (χ1) is 15.8. The van der Waals surface area contributed by atoms with E-state index in [0.29, 0.717) is 44.0 Å². The predicted octanol–water partition coefficient (Wildman–Crippen LogP) is 2.39. The second kappa shape index (κ2) is 9.18. The number of carbonyl (C=O) groups excluding carboxylic acids is 1. The van der Waals surface area contributed by atoms with E-state index in [1.54, 1.807) is 13.1 Å². The highest BCUT2D eigenvalue weighted by Crippen LogP contribution is 2.24. The highest BCUT2D eigenvalue weighted by Gasteiger charge is 2.22. The lowest BCUT2D eigenvalue weighted by atomic mass is 10.1. The monoisotopic (exact) mass is 460 g/mol. The van der Waals surface area contributed by atoms with Crippen LogP contribution < -0.4 is 15.8 Å². The smallest absolute Gasteiger partial charge is 0.285 e. The van der Waals surface area contributed by atoms with Crippen LogP contribution in [0.25, 0.3) is 11.0 Å². The van der Waals surface area contributed by atoms with E-state index < -0.39 is 23.5 Å². The van der Waals surface area contributed by atoms with Gasteiger partial charge < -0.3 is 15.2 Å². The number of aromatic nitrogens is 3. The number of H-pyrrole nitrogens is 1. The van der Waals surface area contributed by atoms with Crippen molar-refractivity contribution in [3.63, 3.8) is 0 Å². The molecule has 1 amide bonds. The molecule has 2 N–H and O–H groups in total. The first-order valence-electron chi connectivity index (χ1n) is 10.4. The number of nitrogens with one attached hydrogen (secondary N) is 2. The van der Waals surface area contributed by atoms with Gasteiger partial charge in [0, 0.05) is 45.3 Å². The third-order valence-corrected chi connectivity index (χ3v) is 5.74. The van der Waals surface area contributed by atoms with Crippen molar-refractivity contribution in [1.29, 1.82) is 0 Å². The van der Waals surface area contributed by atoms with E-state index in [9.17, 15) is 22.8 Å². The maximum atomic E-state index is 15.0. The van der Waals surface area contributed by atoms with Gasteiger partial charge in [-0.3, -0.25) is 14.5 Å². The van der Waals surface area contributed by atoms with Crippen LogP contribution in [-0.2, 0) is 6.54 Å². The number of carbonyl (C=O) groups is 1. The molecule has 3 aromatic rings. The zero-order chi connectivity index (χ0) is 23.7. The first-order valence-corrected chi connectivity index (χ1v) is 10.4. The topological polar surface area (TPSA) is 94.2 Å². The number of aromatic amines is 1. The molecule has 0 saturated carbocycles. The summed E-state index contributed by atoms with van der Waals surface area (Å²) in [4.78, 5) is 38.0. The average Bonchev–Trinajstić information content (AvgIpc) is 2.81. The van der Waals surface area contributed by atoms with E-state index in [2.05, 4.69) is 30.1 Å². The number of piperazine rings is 1. The van der Waals surface area contributed by atoms with Gasteiger partial charge in [-0.15, -0.1) is 0 Å². The number of fused-ring (bicyclic) bond motifs is 1. The molecule has 0 unspecified atom stereocenters. The number of nitrogens with zero attached hydrogens (tertiary/aromatic N) is 4. The first kappa shape index (κ1) is 22.7. The van der Waals surface area contributed by atoms with Crippen molar-refractivity contribution < 1.29 is 18.0 Å². The van der Waals surface area contributed by atoms with Crippen molar-refractivity contribution in [2.24, 2.45) is 0 Å². The minimum Gasteiger partial charge on any atom is -0.368 e. The number of amides is 1. The van der Waals surface area contributed by atoms with Crippen LogP contribution in [0.1, 0.15) is 33.9 Å². The van der Waals surface area contributed by atoms with Crippen molar-refractivity contribution >= 4 is 22.6 Å². The lowest BCUT2D eigenvalue weighted by Gasteiger charge is -2.36. The molecule has 1 aliphatic rings. The molecule has 0 radical (unpaired) electrons. The molecule has 0 bridgehead atoms. The summed E-state index contributed by atoms with van der Waals surface area (Å²) in [6, 6.07) is 6.51. The van der Waals surface area contributed by atoms with Gasteiger partial charge >= 0.3 is 0 Å². The Morgan fingerprint density at radius 2 is 1.88 bits per heavy atom. The summed E-state index contributed by atoms with van der Waals surface area (Å²) in [6.07, 6.45) is -3.03. The van der Waals surface area contributed by atoms with Gasteiger partial charge in [0.25, 0.3) is 17.9 Å². The quantitative estimate of drug-likeness (QED) is 0.607. The van der Waals surface area contributed by atoms with Crippen molar-refractivity contribution in [2.45, 2.75) is 19.9 Å². The number of pyridine rings is 1. The molecule has 2 aromatic heterocycles. The molecule has 1 aromatic carbocycles. The van der Waals surface area contributed by atoms with Gasteiger partial charge in [0.1, 0.15) is 11.2 Å². The van der Waals surface area contributed by atoms with Crippen LogP contribution in [-0.4, -0.2) is 59.0 Å². The standard InChI is InChI=1S/C22H23F3N6O2/c1-12-16(6-5-15(27-12)21(32)26-2)31-9-7-30(8-10-31)11-13-3-4-14-18(17(13)23)29-22(33)19(28-14)20(24)25/h3-6,20H,7-11H2,1-2H3,(H,26,32)(H,29,33). The van der Waals surface area contributed by atoms with Gasteiger partial charge in [-0.05, 0) is 25.1 Å². The maximum absolute atomic E-state index is 15.0. The lowest BCUT2D eigenvalue weighted by Crippen LogP contribution is -2.46. The predicted molar refractivity (Wildman–Crippen MR) is 117 cm³/mol. The van der Waals surface area contributed by atoms with Gasteiger partial charge in [0.05, 0.1) is 16.9 Å². The molecular formula is C22H23F3N6O2. The molecule has 33 heavy (non-hydrogen) atoms. The van der Waals surface area contributed by atoms with E-state index >= 15 is 0 Å². The zero-order valence-corrected chi connectivity index (χ0v) is 18.2. The molecule has 1 saturated heterocycles. The van der Waals surface area contributed by atoms with Gasteiger partial charge in [-0.1, -0.05) is 6.07 Å². The Kier molecular flexibility index (Phi) is 6.32. The SMILES string of the molecule is CNC(=O)c1ccc(N2CCN(Cc3ccc4nc(C(F)F)c(=O)[nH]c4c3F)CC2)c(C)n1. The number of hydrogen-bond acceptors (Lipinski definition) is 6. The van der Waals surface area contributed by atoms with Crippen LogP contribution in [0.15, 0.2) is 29.1 Å². The number of alkyl halides is 2. The Morgan fingerprint density at radius 3 is 2.52 bits per heavy atom. The summed E-state index contributed by atoms with van der Waals surface area (Å²) in [6.45, 7) is 4.86.